The molecule has 0 unspecified atom stereocenters. The number of β-amino-alcohol motifs (C(OH)–C–C–N with tert-alkyl or cyclic N) is 1. The van der Waals surface area contributed by atoms with E-state index in [1.807, 2.05) is 18.2 Å². The van der Waals surface area contributed by atoms with Crippen molar-refractivity contribution in [3.8, 4) is 11.5 Å². The van der Waals surface area contributed by atoms with Crippen LogP contribution >= 0.6 is 0 Å². The van der Waals surface area contributed by atoms with Gasteiger partial charge in [-0.25, -0.2) is 0 Å². The summed E-state index contributed by atoms with van der Waals surface area (Å²) < 4.78 is 16.8. The highest BCUT2D eigenvalue weighted by Crippen LogP contribution is 2.25. The first-order chi connectivity index (χ1) is 14.0. The predicted octanol–water partition coefficient (Wildman–Crippen LogP) is 3.98. The summed E-state index contributed by atoms with van der Waals surface area (Å²) in [7, 11) is 3.36. The average Bonchev–Trinajstić information content (AvgIpc) is 2.71. The number of hydrogen-bond donors (Lipinski definition) is 1. The molecule has 1 N–H and O–H groups in total. The first-order valence-corrected chi connectivity index (χ1v) is 10.3. The van der Waals surface area contributed by atoms with Gasteiger partial charge in [0.25, 0.3) is 0 Å². The number of aliphatic hydroxyl groups is 1. The molecule has 0 aromatic heterocycles. The normalized spacial score (nSPS) is 20.1. The Balaban J connectivity index is 1.59. The van der Waals surface area contributed by atoms with E-state index in [-0.39, 0.29) is 6.10 Å². The maximum absolute atomic E-state index is 10.7. The fraction of sp³-hybridized carbons (Fsp3) is 0.500. The first kappa shape index (κ1) is 21.6. The Labute approximate surface area is 174 Å². The fourth-order valence-corrected chi connectivity index (χ4v) is 3.84. The number of methoxy groups -OCH3 is 2. The molecule has 0 spiro atoms. The summed E-state index contributed by atoms with van der Waals surface area (Å²) in [4.78, 5) is 2.27. The second kappa shape index (κ2) is 10.1. The van der Waals surface area contributed by atoms with Crippen molar-refractivity contribution in [3.05, 3.63) is 59.2 Å². The molecule has 0 bridgehead atoms. The summed E-state index contributed by atoms with van der Waals surface area (Å²) >= 11 is 0. The van der Waals surface area contributed by atoms with Crippen LogP contribution in [0.15, 0.2) is 42.5 Å². The molecule has 5 heteroatoms. The number of ether oxygens (including phenoxy) is 3. The number of benzene rings is 2. The zero-order valence-electron chi connectivity index (χ0n) is 17.9. The maximum atomic E-state index is 10.7. The van der Waals surface area contributed by atoms with Gasteiger partial charge in [0.15, 0.2) is 0 Å². The molecule has 0 amide bonds. The summed E-state index contributed by atoms with van der Waals surface area (Å²) in [5.41, 5.74) is 3.48. The molecule has 29 heavy (non-hydrogen) atoms. The van der Waals surface area contributed by atoms with Gasteiger partial charge in [0.05, 0.1) is 13.7 Å². The van der Waals surface area contributed by atoms with Crippen molar-refractivity contribution in [2.24, 2.45) is 0 Å². The van der Waals surface area contributed by atoms with E-state index >= 15 is 0 Å². The van der Waals surface area contributed by atoms with Crippen LogP contribution in [0.5, 0.6) is 11.5 Å². The number of rotatable bonds is 8. The van der Waals surface area contributed by atoms with Crippen molar-refractivity contribution in [1.29, 1.82) is 0 Å². The van der Waals surface area contributed by atoms with Gasteiger partial charge in [-0.1, -0.05) is 32.0 Å². The largest absolute Gasteiger partial charge is 0.496 e. The minimum Gasteiger partial charge on any atom is -0.496 e. The number of nitrogens with zero attached hydrogens (tertiary/aromatic N) is 1. The lowest BCUT2D eigenvalue weighted by Gasteiger charge is -2.36. The van der Waals surface area contributed by atoms with Crippen LogP contribution in [0, 0.1) is 0 Å². The third-order valence-electron chi connectivity index (χ3n) is 5.47. The first-order valence-electron chi connectivity index (χ1n) is 10.3. The second-order valence-corrected chi connectivity index (χ2v) is 8.05. The van der Waals surface area contributed by atoms with Gasteiger partial charge in [-0.3, -0.25) is 4.90 Å². The van der Waals surface area contributed by atoms with E-state index in [0.717, 1.165) is 36.6 Å². The Bertz CT molecular complexity index is 792. The number of likely N-dealkylation sites (tertiary alicyclic amines) is 1. The topological polar surface area (TPSA) is 51.2 Å². The molecule has 1 saturated heterocycles. The number of piperidine rings is 1. The van der Waals surface area contributed by atoms with Crippen molar-refractivity contribution < 1.29 is 19.3 Å². The van der Waals surface area contributed by atoms with Crippen molar-refractivity contribution >= 4 is 0 Å². The van der Waals surface area contributed by atoms with Crippen LogP contribution in [0.1, 0.15) is 42.9 Å². The summed E-state index contributed by atoms with van der Waals surface area (Å²) in [6.45, 7) is 7.13. The van der Waals surface area contributed by atoms with Crippen LogP contribution in [0.25, 0.3) is 0 Å². The standard InChI is InChI=1S/C24H33NO4/c1-17(2)19-6-5-7-21(13-19)29-24-10-11-25(15-22(24)26)14-18-8-9-23(28-4)20(12-18)16-27-3/h5-9,12-13,17,22,24,26H,10-11,14-16H2,1-4H3/t22-,24-/m1/s1. The van der Waals surface area contributed by atoms with E-state index in [4.69, 9.17) is 14.2 Å². The van der Waals surface area contributed by atoms with E-state index < -0.39 is 6.10 Å². The van der Waals surface area contributed by atoms with Gasteiger partial charge in [0, 0.05) is 32.3 Å². The molecule has 2 aromatic rings. The van der Waals surface area contributed by atoms with Gasteiger partial charge in [-0.15, -0.1) is 0 Å². The Kier molecular flexibility index (Phi) is 7.53. The molecule has 1 fully saturated rings. The highest BCUT2D eigenvalue weighted by Gasteiger charge is 2.29. The van der Waals surface area contributed by atoms with Gasteiger partial charge < -0.3 is 19.3 Å². The van der Waals surface area contributed by atoms with E-state index in [9.17, 15) is 5.11 Å². The average molecular weight is 400 g/mol. The van der Waals surface area contributed by atoms with E-state index in [0.29, 0.717) is 19.1 Å². The zero-order valence-corrected chi connectivity index (χ0v) is 17.9. The molecule has 1 heterocycles. The lowest BCUT2D eigenvalue weighted by atomic mass is 10.0. The summed E-state index contributed by atoms with van der Waals surface area (Å²) in [5, 5.41) is 10.7. The summed E-state index contributed by atoms with van der Waals surface area (Å²) in [5.74, 6) is 2.14. The van der Waals surface area contributed by atoms with Gasteiger partial charge in [-0.05, 0) is 47.7 Å². The van der Waals surface area contributed by atoms with Gasteiger partial charge in [-0.2, -0.15) is 0 Å². The molecule has 0 saturated carbocycles. The van der Waals surface area contributed by atoms with Crippen molar-refractivity contribution in [2.75, 3.05) is 27.3 Å². The van der Waals surface area contributed by atoms with Gasteiger partial charge in [0.2, 0.25) is 0 Å². The van der Waals surface area contributed by atoms with E-state index in [1.165, 1.54) is 11.1 Å². The Morgan fingerprint density at radius 2 is 1.97 bits per heavy atom. The number of aliphatic hydroxyl groups excluding tert-OH is 1. The van der Waals surface area contributed by atoms with Crippen LogP contribution in [0.2, 0.25) is 0 Å². The number of hydrogen-bond acceptors (Lipinski definition) is 5. The third-order valence-corrected chi connectivity index (χ3v) is 5.47. The smallest absolute Gasteiger partial charge is 0.127 e. The zero-order chi connectivity index (χ0) is 20.8. The van der Waals surface area contributed by atoms with Crippen molar-refractivity contribution in [1.82, 2.24) is 4.90 Å². The van der Waals surface area contributed by atoms with Crippen LogP contribution in [0.4, 0.5) is 0 Å². The van der Waals surface area contributed by atoms with Crippen LogP contribution in [-0.2, 0) is 17.9 Å². The summed E-state index contributed by atoms with van der Waals surface area (Å²) in [6, 6.07) is 14.4. The Hall–Kier alpha value is -2.08. The van der Waals surface area contributed by atoms with Gasteiger partial charge in [0.1, 0.15) is 23.7 Å². The van der Waals surface area contributed by atoms with Crippen LogP contribution in [-0.4, -0.2) is 49.5 Å². The molecular weight excluding hydrogens is 366 g/mol. The predicted molar refractivity (Wildman–Crippen MR) is 115 cm³/mol. The maximum Gasteiger partial charge on any atom is 0.127 e. The van der Waals surface area contributed by atoms with E-state index in [1.54, 1.807) is 14.2 Å². The van der Waals surface area contributed by atoms with Crippen LogP contribution < -0.4 is 9.47 Å². The van der Waals surface area contributed by atoms with E-state index in [2.05, 4.69) is 43.0 Å². The highest BCUT2D eigenvalue weighted by molar-refractivity contribution is 5.37. The Morgan fingerprint density at radius 1 is 1.14 bits per heavy atom. The van der Waals surface area contributed by atoms with Crippen molar-refractivity contribution in [3.63, 3.8) is 0 Å². The molecule has 0 aliphatic carbocycles. The third kappa shape index (κ3) is 5.72. The van der Waals surface area contributed by atoms with Crippen molar-refractivity contribution in [2.45, 2.75) is 51.5 Å². The Morgan fingerprint density at radius 3 is 2.66 bits per heavy atom. The quantitative estimate of drug-likeness (QED) is 0.728. The second-order valence-electron chi connectivity index (χ2n) is 8.05. The molecule has 1 aliphatic rings. The minimum atomic E-state index is -0.511. The molecule has 0 radical (unpaired) electrons. The highest BCUT2D eigenvalue weighted by atomic mass is 16.5. The SMILES string of the molecule is COCc1cc(CN2CC[C@@H](Oc3cccc(C(C)C)c3)[C@H](O)C2)ccc1OC. The molecule has 1 aliphatic heterocycles. The lowest BCUT2D eigenvalue weighted by Crippen LogP contribution is -2.48. The summed E-state index contributed by atoms with van der Waals surface area (Å²) in [6.07, 6.45) is 0.116. The fourth-order valence-electron chi connectivity index (χ4n) is 3.84. The minimum absolute atomic E-state index is 0.173. The molecule has 2 aromatic carbocycles. The molecule has 3 rings (SSSR count). The molecule has 158 valence electrons. The van der Waals surface area contributed by atoms with Crippen LogP contribution in [0.3, 0.4) is 0 Å². The monoisotopic (exact) mass is 399 g/mol. The molecule has 2 atom stereocenters. The van der Waals surface area contributed by atoms with Gasteiger partial charge >= 0.3 is 0 Å². The molecular formula is C24H33NO4. The molecule has 5 nitrogen and oxygen atoms in total. The lowest BCUT2D eigenvalue weighted by molar-refractivity contribution is -0.0275.